The third-order valence-corrected chi connectivity index (χ3v) is 5.52. The monoisotopic (exact) mass is 452 g/mol. The van der Waals surface area contributed by atoms with E-state index in [-0.39, 0.29) is 12.2 Å². The number of hydrogen-bond acceptors (Lipinski definition) is 5. The molecular weight excluding hydrogens is 416 g/mol. The molecule has 1 unspecified atom stereocenters. The van der Waals surface area contributed by atoms with E-state index in [2.05, 4.69) is 0 Å². The molecule has 2 aromatic carbocycles. The molecule has 0 saturated carbocycles. The van der Waals surface area contributed by atoms with Gasteiger partial charge in [0.1, 0.15) is 11.2 Å². The summed E-state index contributed by atoms with van der Waals surface area (Å²) in [6.45, 7) is 12.4. The summed E-state index contributed by atoms with van der Waals surface area (Å²) in [5.74, 6) is -3.20. The predicted octanol–water partition coefficient (Wildman–Crippen LogP) is 6.25. The molecule has 5 nitrogen and oxygen atoms in total. The maximum atomic E-state index is 13.1. The molecule has 178 valence electrons. The van der Waals surface area contributed by atoms with Crippen molar-refractivity contribution in [2.75, 3.05) is 0 Å². The molecule has 0 radical (unpaired) electrons. The number of carbonyl (C=O) groups is 3. The first-order valence-electron chi connectivity index (χ1n) is 11.5. The van der Waals surface area contributed by atoms with Crippen molar-refractivity contribution >= 4 is 17.7 Å². The fourth-order valence-corrected chi connectivity index (χ4v) is 3.28. The second-order valence-electron chi connectivity index (χ2n) is 10.1. The van der Waals surface area contributed by atoms with Crippen LogP contribution in [-0.4, -0.2) is 28.9 Å². The average Bonchev–Trinajstić information content (AvgIpc) is 2.75. The molecule has 33 heavy (non-hydrogen) atoms. The normalized spacial score (nSPS) is 13.7. The van der Waals surface area contributed by atoms with Gasteiger partial charge in [-0.15, -0.1) is 0 Å². The quantitative estimate of drug-likeness (QED) is 0.255. The molecule has 5 heteroatoms. The van der Waals surface area contributed by atoms with E-state index in [1.165, 1.54) is 0 Å². The molecule has 0 fully saturated rings. The summed E-state index contributed by atoms with van der Waals surface area (Å²) in [5.41, 5.74) is 1.15. The third-order valence-electron chi connectivity index (χ3n) is 5.52. The minimum absolute atomic E-state index is 0.0206. The third kappa shape index (κ3) is 7.85. The number of hydrogen-bond donors (Lipinski definition) is 0. The fourth-order valence-electron chi connectivity index (χ4n) is 3.28. The van der Waals surface area contributed by atoms with Crippen LogP contribution in [0.25, 0.3) is 11.1 Å². The minimum atomic E-state index is -1.17. The predicted molar refractivity (Wildman–Crippen MR) is 130 cm³/mol. The highest BCUT2D eigenvalue weighted by Gasteiger charge is 2.37. The molecule has 0 amide bonds. The summed E-state index contributed by atoms with van der Waals surface area (Å²) >= 11 is 0. The molecule has 0 spiro atoms. The zero-order valence-electron chi connectivity index (χ0n) is 20.8. The Balaban J connectivity index is 2.19. The van der Waals surface area contributed by atoms with Gasteiger partial charge in [0.25, 0.3) is 0 Å². The summed E-state index contributed by atoms with van der Waals surface area (Å²) in [6.07, 6.45) is 0.620. The largest absolute Gasteiger partial charge is 0.459 e. The van der Waals surface area contributed by atoms with Crippen LogP contribution in [0.4, 0.5) is 0 Å². The molecule has 2 rings (SSSR count). The van der Waals surface area contributed by atoms with E-state index < -0.39 is 35.0 Å². The van der Waals surface area contributed by atoms with E-state index in [0.29, 0.717) is 12.0 Å². The number of ketones is 1. The second kappa shape index (κ2) is 10.8. The number of benzene rings is 2. The van der Waals surface area contributed by atoms with Crippen LogP contribution in [0.2, 0.25) is 0 Å². The molecule has 0 aliphatic carbocycles. The Bertz CT molecular complexity index is 952. The van der Waals surface area contributed by atoms with Crippen LogP contribution in [0.15, 0.2) is 54.6 Å². The highest BCUT2D eigenvalue weighted by atomic mass is 16.6. The molecule has 0 aliphatic rings. The van der Waals surface area contributed by atoms with Crippen molar-refractivity contribution in [2.24, 2.45) is 11.8 Å². The van der Waals surface area contributed by atoms with Gasteiger partial charge in [-0.1, -0.05) is 68.4 Å². The van der Waals surface area contributed by atoms with Crippen LogP contribution >= 0.6 is 0 Å². The molecule has 0 bridgehead atoms. The van der Waals surface area contributed by atoms with Crippen molar-refractivity contribution in [1.29, 1.82) is 0 Å². The fraction of sp³-hybridized carbons (Fsp3) is 0.464. The van der Waals surface area contributed by atoms with Gasteiger partial charge in [0.15, 0.2) is 11.7 Å². The second-order valence-corrected chi connectivity index (χ2v) is 10.1. The zero-order chi connectivity index (χ0) is 24.8. The topological polar surface area (TPSA) is 69.7 Å². The summed E-state index contributed by atoms with van der Waals surface area (Å²) in [4.78, 5) is 38.8. The molecule has 2 atom stereocenters. The van der Waals surface area contributed by atoms with Gasteiger partial charge in [-0.25, -0.2) is 0 Å². The first kappa shape index (κ1) is 26.3. The van der Waals surface area contributed by atoms with Crippen LogP contribution in [0.1, 0.15) is 71.7 Å². The molecule has 0 aliphatic heterocycles. The van der Waals surface area contributed by atoms with Crippen molar-refractivity contribution in [3.8, 4) is 11.1 Å². The van der Waals surface area contributed by atoms with Crippen molar-refractivity contribution in [3.05, 3.63) is 60.2 Å². The van der Waals surface area contributed by atoms with E-state index in [0.717, 1.165) is 11.1 Å². The van der Waals surface area contributed by atoms with Gasteiger partial charge in [-0.3, -0.25) is 14.4 Å². The van der Waals surface area contributed by atoms with Gasteiger partial charge in [-0.05, 0) is 58.6 Å². The Labute approximate surface area is 197 Å². The lowest BCUT2D eigenvalue weighted by Crippen LogP contribution is -2.39. The van der Waals surface area contributed by atoms with E-state index in [4.69, 9.17) is 9.47 Å². The van der Waals surface area contributed by atoms with Gasteiger partial charge in [-0.2, -0.15) is 0 Å². The number of carbonyl (C=O) groups excluding carboxylic acids is 3. The van der Waals surface area contributed by atoms with Gasteiger partial charge in [0.05, 0.1) is 0 Å². The average molecular weight is 453 g/mol. The Morgan fingerprint density at radius 3 is 1.82 bits per heavy atom. The van der Waals surface area contributed by atoms with Gasteiger partial charge >= 0.3 is 11.9 Å². The lowest BCUT2D eigenvalue weighted by molar-refractivity contribution is -0.176. The Kier molecular flexibility index (Phi) is 8.59. The van der Waals surface area contributed by atoms with Crippen molar-refractivity contribution < 1.29 is 23.9 Å². The van der Waals surface area contributed by atoms with Crippen molar-refractivity contribution in [3.63, 3.8) is 0 Å². The van der Waals surface area contributed by atoms with Crippen LogP contribution in [0.3, 0.4) is 0 Å². The maximum Gasteiger partial charge on any atom is 0.320 e. The lowest BCUT2D eigenvalue weighted by Gasteiger charge is -2.28. The first-order chi connectivity index (χ1) is 15.3. The Morgan fingerprint density at radius 2 is 1.30 bits per heavy atom. The minimum Gasteiger partial charge on any atom is -0.459 e. The number of ether oxygens (including phenoxy) is 2. The summed E-state index contributed by atoms with van der Waals surface area (Å²) in [6, 6.07) is 17.3. The summed E-state index contributed by atoms with van der Waals surface area (Å²) in [5, 5.41) is 0. The van der Waals surface area contributed by atoms with Crippen molar-refractivity contribution in [2.45, 2.75) is 72.5 Å². The molecule has 2 aromatic rings. The molecule has 0 aromatic heterocycles. The standard InChI is InChI=1S/C28H36O5/c1-8-28(6,7)33-26(31)23(25(30)32-27(3,4)5)18-19(2)24(29)22-16-14-21(15-17-22)20-12-10-9-11-13-20/h9-17,19,23H,8,18H2,1-7H3/t19-,23?/m1/s1. The highest BCUT2D eigenvalue weighted by molar-refractivity contribution is 6.00. The van der Waals surface area contributed by atoms with E-state index in [1.807, 2.05) is 49.4 Å². The maximum absolute atomic E-state index is 13.1. The van der Waals surface area contributed by atoms with Gasteiger partial charge < -0.3 is 9.47 Å². The molecule has 0 N–H and O–H groups in total. The van der Waals surface area contributed by atoms with Crippen LogP contribution < -0.4 is 0 Å². The molecule has 0 heterocycles. The van der Waals surface area contributed by atoms with Crippen LogP contribution in [0, 0.1) is 11.8 Å². The van der Waals surface area contributed by atoms with E-state index in [1.54, 1.807) is 53.7 Å². The molecular formula is C28H36O5. The summed E-state index contributed by atoms with van der Waals surface area (Å²) < 4.78 is 11.1. The van der Waals surface area contributed by atoms with Crippen LogP contribution in [-0.2, 0) is 19.1 Å². The SMILES string of the molecule is CCC(C)(C)OC(=O)C(C[C@@H](C)C(=O)c1ccc(-c2ccccc2)cc1)C(=O)OC(C)(C)C. The van der Waals surface area contributed by atoms with E-state index >= 15 is 0 Å². The summed E-state index contributed by atoms with van der Waals surface area (Å²) in [7, 11) is 0. The number of rotatable bonds is 9. The van der Waals surface area contributed by atoms with E-state index in [9.17, 15) is 14.4 Å². The molecule has 0 saturated heterocycles. The smallest absolute Gasteiger partial charge is 0.320 e. The number of esters is 2. The van der Waals surface area contributed by atoms with Gasteiger partial charge in [0, 0.05) is 11.5 Å². The zero-order valence-corrected chi connectivity index (χ0v) is 20.8. The highest BCUT2D eigenvalue weighted by Crippen LogP contribution is 2.26. The lowest BCUT2D eigenvalue weighted by atomic mass is 9.88. The Morgan fingerprint density at radius 1 is 0.788 bits per heavy atom. The first-order valence-corrected chi connectivity index (χ1v) is 11.5. The Hall–Kier alpha value is -2.95. The number of Topliss-reactive ketones (excluding diaryl/α,β-unsaturated/α-hetero) is 1. The van der Waals surface area contributed by atoms with Gasteiger partial charge in [0.2, 0.25) is 0 Å². The van der Waals surface area contributed by atoms with Crippen molar-refractivity contribution in [1.82, 2.24) is 0 Å². The van der Waals surface area contributed by atoms with Crippen LogP contribution in [0.5, 0.6) is 0 Å².